The lowest BCUT2D eigenvalue weighted by Gasteiger charge is -2.11. The Bertz CT molecular complexity index is 1000. The average Bonchev–Trinajstić information content (AvgIpc) is 3.64. The van der Waals surface area contributed by atoms with Gasteiger partial charge in [-0.3, -0.25) is 4.98 Å². The van der Waals surface area contributed by atoms with E-state index in [9.17, 15) is 0 Å². The Hall–Kier alpha value is -2.54. The topological polar surface area (TPSA) is 72.8 Å². The van der Waals surface area contributed by atoms with E-state index in [0.29, 0.717) is 30.2 Å². The Morgan fingerprint density at radius 3 is 2.79 bits per heavy atom. The van der Waals surface area contributed by atoms with Crippen LogP contribution in [0, 0.1) is 19.8 Å². The van der Waals surface area contributed by atoms with Gasteiger partial charge in [-0.15, -0.1) is 11.3 Å². The van der Waals surface area contributed by atoms with Crippen molar-refractivity contribution >= 4 is 17.2 Å². The van der Waals surface area contributed by atoms with Crippen molar-refractivity contribution in [2.45, 2.75) is 51.5 Å². The summed E-state index contributed by atoms with van der Waals surface area (Å²) in [5, 5.41) is 4.54. The molecular formula is C22H25N5OS. The molecule has 2 aliphatic carbocycles. The van der Waals surface area contributed by atoms with Gasteiger partial charge < -0.3 is 10.1 Å². The van der Waals surface area contributed by atoms with E-state index in [4.69, 9.17) is 9.72 Å². The van der Waals surface area contributed by atoms with Crippen LogP contribution in [0.25, 0.3) is 0 Å². The van der Waals surface area contributed by atoms with E-state index in [0.717, 1.165) is 35.3 Å². The summed E-state index contributed by atoms with van der Waals surface area (Å²) in [5.74, 6) is 3.92. The van der Waals surface area contributed by atoms with Gasteiger partial charge in [0.05, 0.1) is 23.9 Å². The molecule has 5 rings (SSSR count). The lowest BCUT2D eigenvalue weighted by molar-refractivity contribution is 0.284. The molecular weight excluding hydrogens is 382 g/mol. The zero-order valence-electron chi connectivity index (χ0n) is 16.8. The molecule has 3 aromatic heterocycles. The fraction of sp³-hybridized carbons (Fsp3) is 0.455. The van der Waals surface area contributed by atoms with E-state index in [1.807, 2.05) is 25.3 Å². The molecule has 29 heavy (non-hydrogen) atoms. The summed E-state index contributed by atoms with van der Waals surface area (Å²) in [6.07, 6.45) is 5.33. The number of thiazole rings is 1. The van der Waals surface area contributed by atoms with Crippen LogP contribution in [0.15, 0.2) is 30.5 Å². The summed E-state index contributed by atoms with van der Waals surface area (Å²) in [4.78, 5) is 19.6. The zero-order chi connectivity index (χ0) is 19.8. The summed E-state index contributed by atoms with van der Waals surface area (Å²) in [6, 6.07) is 8.04. The van der Waals surface area contributed by atoms with Gasteiger partial charge in [0.2, 0.25) is 5.88 Å². The van der Waals surface area contributed by atoms with E-state index in [1.54, 1.807) is 11.3 Å². The standard InChI is InChI=1S/C22H25N5OS/c1-13-19(29-14(2)25-13)11-24-20-10-21(27-22(26-20)15-6-7-15)28-12-16-9-17(16)18-5-3-4-8-23-18/h3-5,8,10,15-17H,6-7,9,11-12H2,1-2H3,(H,24,26,27)/t16-,17+/m1/s1. The number of ether oxygens (including phenoxy) is 1. The van der Waals surface area contributed by atoms with Crippen LogP contribution in [0.1, 0.15) is 58.2 Å². The van der Waals surface area contributed by atoms with Crippen molar-refractivity contribution in [3.05, 3.63) is 57.6 Å². The molecule has 150 valence electrons. The van der Waals surface area contributed by atoms with Crippen LogP contribution in [-0.2, 0) is 6.54 Å². The van der Waals surface area contributed by atoms with E-state index in [1.165, 1.54) is 23.4 Å². The summed E-state index contributed by atoms with van der Waals surface area (Å²) in [6.45, 7) is 5.49. The van der Waals surface area contributed by atoms with Gasteiger partial charge in [0.25, 0.3) is 0 Å². The second-order valence-electron chi connectivity index (χ2n) is 7.99. The van der Waals surface area contributed by atoms with Crippen LogP contribution in [0.4, 0.5) is 5.82 Å². The maximum atomic E-state index is 6.09. The molecule has 2 atom stereocenters. The number of anilines is 1. The first-order valence-corrected chi connectivity index (χ1v) is 11.1. The van der Waals surface area contributed by atoms with E-state index >= 15 is 0 Å². The molecule has 0 saturated heterocycles. The van der Waals surface area contributed by atoms with Crippen LogP contribution in [0.2, 0.25) is 0 Å². The van der Waals surface area contributed by atoms with E-state index in [2.05, 4.69) is 39.3 Å². The van der Waals surface area contributed by atoms with Gasteiger partial charge in [0.15, 0.2) is 0 Å². The predicted molar refractivity (Wildman–Crippen MR) is 114 cm³/mol. The Kier molecular flexibility index (Phi) is 4.91. The molecule has 6 nitrogen and oxygen atoms in total. The van der Waals surface area contributed by atoms with Gasteiger partial charge in [-0.2, -0.15) is 4.98 Å². The number of rotatable bonds is 8. The monoisotopic (exact) mass is 407 g/mol. The molecule has 3 aromatic rings. The van der Waals surface area contributed by atoms with Crippen molar-refractivity contribution < 1.29 is 4.74 Å². The SMILES string of the molecule is Cc1nc(C)c(CNc2cc(OC[C@H]3C[C@@H]3c3ccccn3)nc(C3CC3)n2)s1. The minimum Gasteiger partial charge on any atom is -0.477 e. The molecule has 0 unspecified atom stereocenters. The van der Waals surface area contributed by atoms with E-state index < -0.39 is 0 Å². The Labute approximate surface area is 174 Å². The third kappa shape index (κ3) is 4.40. The number of hydrogen-bond donors (Lipinski definition) is 1. The molecule has 3 heterocycles. The largest absolute Gasteiger partial charge is 0.477 e. The van der Waals surface area contributed by atoms with Crippen molar-refractivity contribution in [2.24, 2.45) is 5.92 Å². The minimum absolute atomic E-state index is 0.480. The van der Waals surface area contributed by atoms with Crippen molar-refractivity contribution in [3.63, 3.8) is 0 Å². The third-order valence-electron chi connectivity index (χ3n) is 5.53. The highest BCUT2D eigenvalue weighted by Crippen LogP contribution is 2.46. The maximum absolute atomic E-state index is 6.09. The Balaban J connectivity index is 1.24. The highest BCUT2D eigenvalue weighted by Gasteiger charge is 2.40. The second-order valence-corrected chi connectivity index (χ2v) is 9.27. The van der Waals surface area contributed by atoms with Crippen molar-refractivity contribution in [3.8, 4) is 5.88 Å². The van der Waals surface area contributed by atoms with Crippen LogP contribution in [0.3, 0.4) is 0 Å². The van der Waals surface area contributed by atoms with E-state index in [-0.39, 0.29) is 0 Å². The first kappa shape index (κ1) is 18.5. The van der Waals surface area contributed by atoms with Gasteiger partial charge in [0.1, 0.15) is 11.6 Å². The number of nitrogens with zero attached hydrogens (tertiary/aromatic N) is 4. The summed E-state index contributed by atoms with van der Waals surface area (Å²) < 4.78 is 6.09. The van der Waals surface area contributed by atoms with Crippen molar-refractivity contribution in [2.75, 3.05) is 11.9 Å². The molecule has 2 saturated carbocycles. The number of nitrogens with one attached hydrogen (secondary N) is 1. The number of aryl methyl sites for hydroxylation is 2. The van der Waals surface area contributed by atoms with Crippen molar-refractivity contribution in [1.29, 1.82) is 0 Å². The lowest BCUT2D eigenvalue weighted by atomic mass is 10.2. The first-order valence-electron chi connectivity index (χ1n) is 10.2. The zero-order valence-corrected chi connectivity index (χ0v) is 17.6. The second kappa shape index (κ2) is 7.71. The van der Waals surface area contributed by atoms with Crippen LogP contribution >= 0.6 is 11.3 Å². The number of hydrogen-bond acceptors (Lipinski definition) is 7. The maximum Gasteiger partial charge on any atom is 0.218 e. The highest BCUT2D eigenvalue weighted by molar-refractivity contribution is 7.11. The van der Waals surface area contributed by atoms with Crippen LogP contribution < -0.4 is 10.1 Å². The molecule has 2 aliphatic rings. The van der Waals surface area contributed by atoms with Gasteiger partial charge in [0, 0.05) is 40.6 Å². The minimum atomic E-state index is 0.480. The predicted octanol–water partition coefficient (Wildman–Crippen LogP) is 4.62. The Morgan fingerprint density at radius 1 is 1.17 bits per heavy atom. The van der Waals surface area contributed by atoms with Crippen LogP contribution in [-0.4, -0.2) is 26.5 Å². The quantitative estimate of drug-likeness (QED) is 0.587. The molecule has 0 radical (unpaired) electrons. The molecule has 0 spiro atoms. The fourth-order valence-electron chi connectivity index (χ4n) is 3.62. The van der Waals surface area contributed by atoms with Gasteiger partial charge in [-0.05, 0) is 45.2 Å². The normalized spacial score (nSPS) is 20.5. The molecule has 2 fully saturated rings. The van der Waals surface area contributed by atoms with Gasteiger partial charge in [-0.1, -0.05) is 6.07 Å². The fourth-order valence-corrected chi connectivity index (χ4v) is 4.50. The summed E-state index contributed by atoms with van der Waals surface area (Å²) >= 11 is 1.73. The third-order valence-corrected chi connectivity index (χ3v) is 6.60. The number of aromatic nitrogens is 4. The molecule has 0 aromatic carbocycles. The molecule has 7 heteroatoms. The summed E-state index contributed by atoms with van der Waals surface area (Å²) in [7, 11) is 0. The first-order chi connectivity index (χ1) is 14.2. The highest BCUT2D eigenvalue weighted by atomic mass is 32.1. The molecule has 1 N–H and O–H groups in total. The number of pyridine rings is 1. The average molecular weight is 408 g/mol. The van der Waals surface area contributed by atoms with Crippen molar-refractivity contribution in [1.82, 2.24) is 19.9 Å². The smallest absolute Gasteiger partial charge is 0.218 e. The van der Waals surface area contributed by atoms with Gasteiger partial charge >= 0.3 is 0 Å². The molecule has 0 aliphatic heterocycles. The van der Waals surface area contributed by atoms with Gasteiger partial charge in [-0.25, -0.2) is 9.97 Å². The molecule has 0 amide bonds. The van der Waals surface area contributed by atoms with Crippen LogP contribution in [0.5, 0.6) is 5.88 Å². The summed E-state index contributed by atoms with van der Waals surface area (Å²) in [5.41, 5.74) is 2.25. The lowest BCUT2D eigenvalue weighted by Crippen LogP contribution is -2.08. The molecule has 0 bridgehead atoms. The Morgan fingerprint density at radius 2 is 2.07 bits per heavy atom.